The maximum absolute atomic E-state index is 12.5. The van der Waals surface area contributed by atoms with Crippen LogP contribution in [0.5, 0.6) is 0 Å². The van der Waals surface area contributed by atoms with E-state index in [0.717, 1.165) is 32.5 Å². The zero-order valence-corrected chi connectivity index (χ0v) is 11.0. The number of ketones is 1. The fraction of sp³-hybridized carbons (Fsp3) is 0.846. The van der Waals surface area contributed by atoms with E-state index in [2.05, 4.69) is 5.32 Å². The normalized spacial score (nSPS) is 30.6. The molecule has 4 heteroatoms. The predicted octanol–water partition coefficient (Wildman–Crippen LogP) is 0.812. The van der Waals surface area contributed by atoms with Crippen LogP contribution in [-0.2, 0) is 9.59 Å². The zero-order valence-electron chi connectivity index (χ0n) is 11.0. The molecular formula is C13H22N2O2. The van der Waals surface area contributed by atoms with E-state index in [-0.39, 0.29) is 29.1 Å². The van der Waals surface area contributed by atoms with Crippen LogP contribution in [0.1, 0.15) is 33.6 Å². The Kier molecular flexibility index (Phi) is 3.25. The van der Waals surface area contributed by atoms with Gasteiger partial charge >= 0.3 is 0 Å². The van der Waals surface area contributed by atoms with Gasteiger partial charge in [0.2, 0.25) is 5.91 Å². The first-order valence-electron chi connectivity index (χ1n) is 6.50. The van der Waals surface area contributed by atoms with Crippen LogP contribution in [0.3, 0.4) is 0 Å². The van der Waals surface area contributed by atoms with Gasteiger partial charge in [0.15, 0.2) is 5.78 Å². The lowest BCUT2D eigenvalue weighted by Gasteiger charge is -2.30. The molecule has 0 aromatic carbocycles. The summed E-state index contributed by atoms with van der Waals surface area (Å²) in [6.45, 7) is 8.06. The van der Waals surface area contributed by atoms with Crippen LogP contribution in [0.15, 0.2) is 0 Å². The molecule has 0 aliphatic carbocycles. The summed E-state index contributed by atoms with van der Waals surface area (Å²) in [6, 6.07) is -0.234. The number of rotatable bonds is 3. The van der Waals surface area contributed by atoms with E-state index in [1.807, 2.05) is 18.7 Å². The van der Waals surface area contributed by atoms with Gasteiger partial charge < -0.3 is 10.2 Å². The Morgan fingerprint density at radius 2 is 2.12 bits per heavy atom. The maximum Gasteiger partial charge on any atom is 0.230 e. The van der Waals surface area contributed by atoms with Crippen molar-refractivity contribution in [1.29, 1.82) is 0 Å². The van der Waals surface area contributed by atoms with Crippen molar-refractivity contribution < 1.29 is 9.59 Å². The molecule has 2 atom stereocenters. The van der Waals surface area contributed by atoms with Crippen molar-refractivity contribution in [3.63, 3.8) is 0 Å². The largest absolute Gasteiger partial charge is 0.332 e. The molecule has 2 saturated heterocycles. The second-order valence-corrected chi connectivity index (χ2v) is 5.76. The minimum absolute atomic E-state index is 0.108. The first-order chi connectivity index (χ1) is 7.98. The third-order valence-corrected chi connectivity index (χ3v) is 4.17. The number of likely N-dealkylation sites (tertiary alicyclic amines) is 1. The van der Waals surface area contributed by atoms with E-state index < -0.39 is 0 Å². The second kappa shape index (κ2) is 4.41. The fourth-order valence-corrected chi connectivity index (χ4v) is 3.30. The molecule has 2 heterocycles. The number of hydrogen-bond donors (Lipinski definition) is 1. The molecule has 0 radical (unpaired) electrons. The number of nitrogens with zero attached hydrogens (tertiary/aromatic N) is 1. The number of carbonyl (C=O) groups is 2. The number of hydrogen-bond acceptors (Lipinski definition) is 3. The van der Waals surface area contributed by atoms with Crippen molar-refractivity contribution in [2.75, 3.05) is 19.6 Å². The van der Waals surface area contributed by atoms with Crippen molar-refractivity contribution >= 4 is 11.7 Å². The summed E-state index contributed by atoms with van der Waals surface area (Å²) in [6.07, 6.45) is 1.82. The molecule has 2 rings (SSSR count). The average molecular weight is 238 g/mol. The van der Waals surface area contributed by atoms with Crippen LogP contribution in [0.4, 0.5) is 0 Å². The molecule has 0 aromatic heterocycles. The van der Waals surface area contributed by atoms with Gasteiger partial charge in [-0.25, -0.2) is 0 Å². The highest BCUT2D eigenvalue weighted by molar-refractivity contribution is 5.92. The summed E-state index contributed by atoms with van der Waals surface area (Å²) in [5.41, 5.74) is -0.206. The predicted molar refractivity (Wildman–Crippen MR) is 65.6 cm³/mol. The number of carbonyl (C=O) groups excluding carboxylic acids is 2. The lowest BCUT2D eigenvalue weighted by atomic mass is 9.85. The van der Waals surface area contributed by atoms with Gasteiger partial charge in [0.25, 0.3) is 0 Å². The van der Waals surface area contributed by atoms with Gasteiger partial charge in [0, 0.05) is 13.1 Å². The summed E-state index contributed by atoms with van der Waals surface area (Å²) < 4.78 is 0. The van der Waals surface area contributed by atoms with Crippen LogP contribution in [-0.4, -0.2) is 42.3 Å². The number of Topliss-reactive ketones (excluding diaryl/α,β-unsaturated/α-hetero) is 1. The summed E-state index contributed by atoms with van der Waals surface area (Å²) in [4.78, 5) is 26.0. The minimum Gasteiger partial charge on any atom is -0.332 e. The summed E-state index contributed by atoms with van der Waals surface area (Å²) in [5, 5.41) is 3.27. The summed E-state index contributed by atoms with van der Waals surface area (Å²) in [7, 11) is 0. The smallest absolute Gasteiger partial charge is 0.230 e. The Labute approximate surface area is 103 Å². The summed E-state index contributed by atoms with van der Waals surface area (Å²) in [5.74, 6) is 0.494. The molecule has 0 bridgehead atoms. The van der Waals surface area contributed by atoms with E-state index >= 15 is 0 Å². The molecule has 0 saturated carbocycles. The van der Waals surface area contributed by atoms with E-state index in [1.165, 1.54) is 0 Å². The van der Waals surface area contributed by atoms with Gasteiger partial charge in [-0.05, 0) is 32.2 Å². The van der Waals surface area contributed by atoms with Crippen LogP contribution in [0.25, 0.3) is 0 Å². The highest BCUT2D eigenvalue weighted by atomic mass is 16.2. The Balaban J connectivity index is 2.18. The van der Waals surface area contributed by atoms with Gasteiger partial charge in [-0.15, -0.1) is 0 Å². The van der Waals surface area contributed by atoms with Crippen LogP contribution in [0, 0.1) is 11.3 Å². The van der Waals surface area contributed by atoms with E-state index in [0.29, 0.717) is 0 Å². The van der Waals surface area contributed by atoms with Crippen LogP contribution in [0.2, 0.25) is 0 Å². The first kappa shape index (κ1) is 12.6. The highest BCUT2D eigenvalue weighted by Crippen LogP contribution is 2.39. The van der Waals surface area contributed by atoms with Crippen LogP contribution < -0.4 is 5.32 Å². The van der Waals surface area contributed by atoms with Crippen molar-refractivity contribution in [3.05, 3.63) is 0 Å². The highest BCUT2D eigenvalue weighted by Gasteiger charge is 2.50. The standard InChI is InChI=1S/C13H22N2O2/c1-9(2)11(10(3)16)15-7-5-13(12(15)17)4-6-14-8-13/h9,11,14H,4-8H2,1-3H3/t11-,13?/m0/s1. The molecule has 2 aliphatic rings. The van der Waals surface area contributed by atoms with Gasteiger partial charge in [-0.3, -0.25) is 9.59 Å². The molecule has 1 unspecified atom stereocenters. The Morgan fingerprint density at radius 3 is 2.59 bits per heavy atom. The molecular weight excluding hydrogens is 216 g/mol. The molecule has 2 fully saturated rings. The molecule has 0 aromatic rings. The van der Waals surface area contributed by atoms with Crippen molar-refractivity contribution in [2.45, 2.75) is 39.7 Å². The molecule has 96 valence electrons. The third kappa shape index (κ3) is 1.99. The Hall–Kier alpha value is -0.900. The van der Waals surface area contributed by atoms with Crippen molar-refractivity contribution in [3.8, 4) is 0 Å². The molecule has 1 N–H and O–H groups in total. The average Bonchev–Trinajstić information content (AvgIpc) is 2.81. The van der Waals surface area contributed by atoms with Gasteiger partial charge in [0.05, 0.1) is 11.5 Å². The van der Waals surface area contributed by atoms with E-state index in [9.17, 15) is 9.59 Å². The molecule has 2 aliphatic heterocycles. The molecule has 17 heavy (non-hydrogen) atoms. The zero-order chi connectivity index (χ0) is 12.6. The topological polar surface area (TPSA) is 49.4 Å². The fourth-order valence-electron chi connectivity index (χ4n) is 3.30. The maximum atomic E-state index is 12.5. The lowest BCUT2D eigenvalue weighted by molar-refractivity contribution is -0.142. The van der Waals surface area contributed by atoms with E-state index in [4.69, 9.17) is 0 Å². The van der Waals surface area contributed by atoms with Crippen molar-refractivity contribution in [1.82, 2.24) is 10.2 Å². The molecule has 4 nitrogen and oxygen atoms in total. The summed E-state index contributed by atoms with van der Waals surface area (Å²) >= 11 is 0. The van der Waals surface area contributed by atoms with Crippen LogP contribution >= 0.6 is 0 Å². The SMILES string of the molecule is CC(=O)[C@H](C(C)C)N1CCC2(CCNC2)C1=O. The monoisotopic (exact) mass is 238 g/mol. The molecule has 1 amide bonds. The number of amides is 1. The first-order valence-corrected chi connectivity index (χ1v) is 6.50. The third-order valence-electron chi connectivity index (χ3n) is 4.17. The number of nitrogens with one attached hydrogen (secondary N) is 1. The van der Waals surface area contributed by atoms with Crippen molar-refractivity contribution in [2.24, 2.45) is 11.3 Å². The lowest BCUT2D eigenvalue weighted by Crippen LogP contribution is -2.47. The van der Waals surface area contributed by atoms with Gasteiger partial charge in [-0.2, -0.15) is 0 Å². The Bertz CT molecular complexity index is 332. The second-order valence-electron chi connectivity index (χ2n) is 5.76. The van der Waals surface area contributed by atoms with Gasteiger partial charge in [-0.1, -0.05) is 13.8 Å². The Morgan fingerprint density at radius 1 is 1.41 bits per heavy atom. The van der Waals surface area contributed by atoms with Gasteiger partial charge in [0.1, 0.15) is 0 Å². The molecule has 1 spiro atoms. The van der Waals surface area contributed by atoms with E-state index in [1.54, 1.807) is 6.92 Å². The minimum atomic E-state index is -0.234. The quantitative estimate of drug-likeness (QED) is 0.791.